The van der Waals surface area contributed by atoms with E-state index >= 15 is 0 Å². The van der Waals surface area contributed by atoms with E-state index in [9.17, 15) is 14.5 Å². The molecule has 0 aliphatic heterocycles. The number of thioether (sulfide) groups is 1. The van der Waals surface area contributed by atoms with Gasteiger partial charge in [-0.15, -0.1) is 5.10 Å². The Morgan fingerprint density at radius 1 is 1.15 bits per heavy atom. The normalized spacial score (nSPS) is 11.0. The molecule has 0 aliphatic rings. The van der Waals surface area contributed by atoms with Gasteiger partial charge >= 0.3 is 0 Å². The lowest BCUT2D eigenvalue weighted by molar-refractivity contribution is -0.384. The molecule has 0 radical (unpaired) electrons. The van der Waals surface area contributed by atoms with Crippen molar-refractivity contribution in [3.05, 3.63) is 76.4 Å². The van der Waals surface area contributed by atoms with E-state index in [1.54, 1.807) is 18.2 Å². The fraction of sp³-hybridized carbons (Fsp3) is 0.0588. The molecule has 10 heteroatoms. The molecule has 0 amide bonds. The highest BCUT2D eigenvalue weighted by Crippen LogP contribution is 2.27. The first-order valence-electron chi connectivity index (χ1n) is 7.80. The summed E-state index contributed by atoms with van der Waals surface area (Å²) in [6.45, 7) is 0. The molecule has 0 N–H and O–H groups in total. The predicted molar refractivity (Wildman–Crippen MR) is 97.1 cm³/mol. The highest BCUT2D eigenvalue weighted by Gasteiger charge is 2.14. The third-order valence-electron chi connectivity index (χ3n) is 3.77. The quantitative estimate of drug-likeness (QED) is 0.225. The van der Waals surface area contributed by atoms with Gasteiger partial charge in [-0.25, -0.2) is 14.4 Å². The molecule has 0 atom stereocenters. The Bertz CT molecular complexity index is 1130. The Labute approximate surface area is 156 Å². The largest absolute Gasteiger partial charge is 0.269 e. The molecule has 0 spiro atoms. The summed E-state index contributed by atoms with van der Waals surface area (Å²) >= 11 is 1.38. The maximum atomic E-state index is 13.1. The van der Waals surface area contributed by atoms with Gasteiger partial charge in [0.15, 0.2) is 11.2 Å². The Morgan fingerprint density at radius 3 is 2.74 bits per heavy atom. The molecule has 0 unspecified atom stereocenters. The van der Waals surface area contributed by atoms with Crippen molar-refractivity contribution in [2.24, 2.45) is 0 Å². The predicted octanol–water partition coefficient (Wildman–Crippen LogP) is 3.55. The van der Waals surface area contributed by atoms with Crippen LogP contribution in [-0.4, -0.2) is 29.9 Å². The van der Waals surface area contributed by atoms with Crippen molar-refractivity contribution in [3.8, 4) is 5.69 Å². The first-order valence-corrected chi connectivity index (χ1v) is 8.79. The number of halogens is 1. The van der Waals surface area contributed by atoms with Crippen molar-refractivity contribution < 1.29 is 9.31 Å². The van der Waals surface area contributed by atoms with Crippen molar-refractivity contribution in [2.75, 3.05) is 0 Å². The Kier molecular flexibility index (Phi) is 4.47. The van der Waals surface area contributed by atoms with E-state index in [1.807, 2.05) is 6.07 Å². The molecule has 27 heavy (non-hydrogen) atoms. The van der Waals surface area contributed by atoms with Crippen LogP contribution in [0.3, 0.4) is 0 Å². The molecule has 0 saturated carbocycles. The van der Waals surface area contributed by atoms with Crippen LogP contribution in [0.5, 0.6) is 0 Å². The number of fused-ring (bicyclic) bond motifs is 1. The minimum absolute atomic E-state index is 0.0446. The van der Waals surface area contributed by atoms with Gasteiger partial charge in [-0.2, -0.15) is 4.68 Å². The number of nitro groups is 1. The van der Waals surface area contributed by atoms with Gasteiger partial charge in [0.05, 0.1) is 10.6 Å². The highest BCUT2D eigenvalue weighted by atomic mass is 32.2. The van der Waals surface area contributed by atoms with E-state index in [0.717, 1.165) is 5.56 Å². The van der Waals surface area contributed by atoms with Gasteiger partial charge in [-0.05, 0) is 29.8 Å². The van der Waals surface area contributed by atoms with E-state index < -0.39 is 4.92 Å². The number of hydrogen-bond acceptors (Lipinski definition) is 7. The lowest BCUT2D eigenvalue weighted by Crippen LogP contribution is -1.98. The van der Waals surface area contributed by atoms with Gasteiger partial charge in [-0.1, -0.05) is 29.1 Å². The van der Waals surface area contributed by atoms with E-state index in [2.05, 4.69) is 20.3 Å². The maximum Gasteiger partial charge on any atom is 0.269 e. The van der Waals surface area contributed by atoms with Gasteiger partial charge in [0, 0.05) is 17.9 Å². The number of benzene rings is 2. The molecule has 0 bridgehead atoms. The smallest absolute Gasteiger partial charge is 0.258 e. The lowest BCUT2D eigenvalue weighted by atomic mass is 10.2. The number of aromatic nitrogens is 5. The van der Waals surface area contributed by atoms with Gasteiger partial charge in [0.2, 0.25) is 0 Å². The van der Waals surface area contributed by atoms with Crippen LogP contribution in [0.4, 0.5) is 10.1 Å². The summed E-state index contributed by atoms with van der Waals surface area (Å²) in [6, 6.07) is 12.3. The molecule has 0 saturated heterocycles. The minimum atomic E-state index is -0.425. The average molecular weight is 382 g/mol. The molecule has 0 aliphatic carbocycles. The fourth-order valence-electron chi connectivity index (χ4n) is 2.50. The second-order valence-electron chi connectivity index (χ2n) is 5.54. The first-order chi connectivity index (χ1) is 13.1. The van der Waals surface area contributed by atoms with Crippen molar-refractivity contribution in [2.45, 2.75) is 10.8 Å². The second-order valence-corrected chi connectivity index (χ2v) is 6.51. The standard InChI is InChI=1S/C17H11FN6O2S/c18-12-4-6-13(7-5-12)23-16-15(21-22-23)17(20-10-19-16)27-9-11-2-1-3-14(8-11)24(25)26/h1-8,10H,9H2. The zero-order valence-electron chi connectivity index (χ0n) is 13.7. The molecular formula is C17H11FN6O2S. The number of rotatable bonds is 5. The summed E-state index contributed by atoms with van der Waals surface area (Å²) in [4.78, 5) is 18.9. The number of nitrogens with zero attached hydrogens (tertiary/aromatic N) is 6. The van der Waals surface area contributed by atoms with Crippen molar-refractivity contribution in [1.29, 1.82) is 0 Å². The van der Waals surface area contributed by atoms with Crippen LogP contribution in [-0.2, 0) is 5.75 Å². The van der Waals surface area contributed by atoms with Gasteiger partial charge in [0.1, 0.15) is 17.2 Å². The second kappa shape index (κ2) is 7.08. The van der Waals surface area contributed by atoms with Crippen molar-refractivity contribution in [3.63, 3.8) is 0 Å². The van der Waals surface area contributed by atoms with Crippen LogP contribution in [0.15, 0.2) is 59.9 Å². The van der Waals surface area contributed by atoms with Crippen LogP contribution in [0.2, 0.25) is 0 Å². The summed E-state index contributed by atoms with van der Waals surface area (Å²) in [5.41, 5.74) is 2.48. The van der Waals surface area contributed by atoms with Gasteiger partial charge < -0.3 is 0 Å². The Morgan fingerprint density at radius 2 is 1.96 bits per heavy atom. The van der Waals surface area contributed by atoms with E-state index in [0.29, 0.717) is 27.6 Å². The van der Waals surface area contributed by atoms with Gasteiger partial charge in [0.25, 0.3) is 5.69 Å². The number of hydrogen-bond donors (Lipinski definition) is 0. The molecule has 2 heterocycles. The number of non-ortho nitro benzene ring substituents is 1. The van der Waals surface area contributed by atoms with Crippen molar-refractivity contribution >= 4 is 28.6 Å². The Balaban J connectivity index is 1.62. The van der Waals surface area contributed by atoms with E-state index in [4.69, 9.17) is 0 Å². The molecule has 134 valence electrons. The monoisotopic (exact) mass is 382 g/mol. The summed E-state index contributed by atoms with van der Waals surface area (Å²) in [5, 5.41) is 19.7. The third kappa shape index (κ3) is 3.47. The Hall–Kier alpha value is -3.40. The summed E-state index contributed by atoms with van der Waals surface area (Å²) in [6.07, 6.45) is 1.40. The van der Waals surface area contributed by atoms with Crippen LogP contribution in [0, 0.1) is 15.9 Å². The molecule has 4 aromatic rings. The molecule has 4 rings (SSSR count). The lowest BCUT2D eigenvalue weighted by Gasteiger charge is -2.03. The van der Waals surface area contributed by atoms with E-state index in [-0.39, 0.29) is 11.5 Å². The minimum Gasteiger partial charge on any atom is -0.258 e. The molecule has 8 nitrogen and oxygen atoms in total. The average Bonchev–Trinajstić information content (AvgIpc) is 3.12. The molecule has 2 aromatic carbocycles. The summed E-state index contributed by atoms with van der Waals surface area (Å²) in [7, 11) is 0. The number of nitro benzene ring substituents is 1. The highest BCUT2D eigenvalue weighted by molar-refractivity contribution is 7.98. The zero-order valence-corrected chi connectivity index (χ0v) is 14.5. The molecular weight excluding hydrogens is 371 g/mol. The summed E-state index contributed by atoms with van der Waals surface area (Å²) in [5.74, 6) is 0.142. The van der Waals surface area contributed by atoms with E-state index in [1.165, 1.54) is 47.0 Å². The molecule has 2 aromatic heterocycles. The fourth-order valence-corrected chi connectivity index (χ4v) is 3.38. The van der Waals surface area contributed by atoms with Gasteiger partial charge in [-0.3, -0.25) is 10.1 Å². The van der Waals surface area contributed by atoms with Crippen LogP contribution in [0.25, 0.3) is 16.9 Å². The van der Waals surface area contributed by atoms with Crippen molar-refractivity contribution in [1.82, 2.24) is 25.0 Å². The SMILES string of the molecule is O=[N+]([O-])c1cccc(CSc2ncnc3c2nnn3-c2ccc(F)cc2)c1. The topological polar surface area (TPSA) is 99.6 Å². The van der Waals surface area contributed by atoms with Crippen LogP contribution in [0.1, 0.15) is 5.56 Å². The summed E-state index contributed by atoms with van der Waals surface area (Å²) < 4.78 is 14.6. The maximum absolute atomic E-state index is 13.1. The first kappa shape index (κ1) is 17.0. The molecule has 0 fully saturated rings. The third-order valence-corrected chi connectivity index (χ3v) is 4.82. The van der Waals surface area contributed by atoms with Crippen LogP contribution >= 0.6 is 11.8 Å². The zero-order chi connectivity index (χ0) is 18.8. The van der Waals surface area contributed by atoms with Crippen LogP contribution < -0.4 is 0 Å².